The first kappa shape index (κ1) is 21.6. The zero-order valence-corrected chi connectivity index (χ0v) is 19.2. The number of hydrogen-bond donors (Lipinski definition) is 1. The number of rotatable bonds is 7. The monoisotopic (exact) mass is 437 g/mol. The molecule has 0 unspecified atom stereocenters. The highest BCUT2D eigenvalue weighted by Gasteiger charge is 2.43. The molecule has 33 heavy (non-hydrogen) atoms. The molecule has 5 rings (SSSR count). The molecular weight excluding hydrogens is 406 g/mol. The van der Waals surface area contributed by atoms with Gasteiger partial charge in [0.25, 0.3) is 0 Å². The van der Waals surface area contributed by atoms with E-state index in [4.69, 9.17) is 0 Å². The molecule has 4 heteroatoms. The van der Waals surface area contributed by atoms with E-state index < -0.39 is 0 Å². The van der Waals surface area contributed by atoms with Crippen molar-refractivity contribution in [1.29, 1.82) is 0 Å². The van der Waals surface area contributed by atoms with E-state index in [9.17, 15) is 4.79 Å². The van der Waals surface area contributed by atoms with Gasteiger partial charge in [-0.25, -0.2) is 0 Å². The van der Waals surface area contributed by atoms with E-state index in [0.717, 1.165) is 25.1 Å². The van der Waals surface area contributed by atoms with Crippen LogP contribution in [0.25, 0.3) is 11.1 Å². The van der Waals surface area contributed by atoms with Gasteiger partial charge in [-0.1, -0.05) is 43.8 Å². The van der Waals surface area contributed by atoms with E-state index in [-0.39, 0.29) is 5.78 Å². The molecule has 2 aromatic carbocycles. The number of nitrogens with zero attached hydrogens (tertiary/aromatic N) is 2. The predicted octanol–water partition coefficient (Wildman–Crippen LogP) is 5.81. The predicted molar refractivity (Wildman–Crippen MR) is 134 cm³/mol. The number of nitrogens with one attached hydrogen (secondary N) is 1. The average Bonchev–Trinajstić information content (AvgIpc) is 3.28. The first-order chi connectivity index (χ1) is 16.2. The molecule has 1 fully saturated rings. The second-order valence-electron chi connectivity index (χ2n) is 9.23. The molecule has 3 atom stereocenters. The Morgan fingerprint density at radius 3 is 2.58 bits per heavy atom. The highest BCUT2D eigenvalue weighted by molar-refractivity contribution is 5.90. The molecule has 0 saturated carbocycles. The SMILES string of the molecule is C=CC(=O)Cc1ccc(-c2ccc3c(c2)[C@H]2[C@H](CCN2Cc2ccncc2)[C@@H](CC)N3)cc1. The molecule has 1 aromatic heterocycles. The maximum absolute atomic E-state index is 11.7. The molecule has 0 aliphatic carbocycles. The second kappa shape index (κ2) is 9.32. The van der Waals surface area contributed by atoms with Crippen molar-refractivity contribution in [2.75, 3.05) is 11.9 Å². The van der Waals surface area contributed by atoms with Crippen LogP contribution in [0.4, 0.5) is 5.69 Å². The standard InChI is InChI=1S/C29H31N3O/c1-3-24(33)17-20-5-7-22(8-6-20)23-9-10-28-26(18-23)29-25(27(4-2)31-28)13-16-32(29)19-21-11-14-30-15-12-21/h3,5-12,14-15,18,25,27,29,31H,1,4,13,16-17,19H2,2H3/t25-,27-,29-/m1/s1. The number of allylic oxidation sites excluding steroid dienone is 1. The zero-order chi connectivity index (χ0) is 22.8. The van der Waals surface area contributed by atoms with Gasteiger partial charge in [0.05, 0.1) is 0 Å². The van der Waals surface area contributed by atoms with Crippen LogP contribution in [-0.4, -0.2) is 28.3 Å². The number of likely N-dealkylation sites (tertiary alicyclic amines) is 1. The van der Waals surface area contributed by atoms with E-state index >= 15 is 0 Å². The smallest absolute Gasteiger partial charge is 0.159 e. The van der Waals surface area contributed by atoms with Crippen LogP contribution in [0.3, 0.4) is 0 Å². The Labute approximate surface area is 196 Å². The molecule has 0 spiro atoms. The summed E-state index contributed by atoms with van der Waals surface area (Å²) in [5.41, 5.74) is 7.41. The van der Waals surface area contributed by atoms with Crippen molar-refractivity contribution in [2.45, 2.75) is 44.8 Å². The quantitative estimate of drug-likeness (QED) is 0.474. The number of fused-ring (bicyclic) bond motifs is 3. The van der Waals surface area contributed by atoms with Gasteiger partial charge in [0.15, 0.2) is 5.78 Å². The summed E-state index contributed by atoms with van der Waals surface area (Å²) in [4.78, 5) is 18.5. The number of aromatic nitrogens is 1. The van der Waals surface area contributed by atoms with Crippen LogP contribution in [0.2, 0.25) is 0 Å². The Kier molecular flexibility index (Phi) is 6.10. The van der Waals surface area contributed by atoms with E-state index in [0.29, 0.717) is 24.4 Å². The van der Waals surface area contributed by atoms with Gasteiger partial charge in [0.2, 0.25) is 0 Å². The topological polar surface area (TPSA) is 45.2 Å². The largest absolute Gasteiger partial charge is 0.382 e. The first-order valence-electron chi connectivity index (χ1n) is 11.9. The molecule has 0 amide bonds. The molecule has 3 aromatic rings. The van der Waals surface area contributed by atoms with E-state index in [1.807, 2.05) is 12.4 Å². The van der Waals surface area contributed by atoms with Gasteiger partial charge in [0.1, 0.15) is 0 Å². The van der Waals surface area contributed by atoms with Crippen LogP contribution < -0.4 is 5.32 Å². The van der Waals surface area contributed by atoms with Gasteiger partial charge in [-0.2, -0.15) is 0 Å². The second-order valence-corrected chi connectivity index (χ2v) is 9.23. The first-order valence-corrected chi connectivity index (χ1v) is 11.9. The lowest BCUT2D eigenvalue weighted by Gasteiger charge is -2.40. The van der Waals surface area contributed by atoms with Gasteiger partial charge in [-0.3, -0.25) is 14.7 Å². The number of carbonyl (C=O) groups excluding carboxylic acids is 1. The number of anilines is 1. The van der Waals surface area contributed by atoms with Crippen LogP contribution in [-0.2, 0) is 17.8 Å². The number of ketones is 1. The molecule has 1 saturated heterocycles. The lowest BCUT2D eigenvalue weighted by Crippen LogP contribution is -2.38. The summed E-state index contributed by atoms with van der Waals surface area (Å²) in [5.74, 6) is 0.668. The number of hydrogen-bond acceptors (Lipinski definition) is 4. The molecule has 168 valence electrons. The fourth-order valence-electron chi connectivity index (χ4n) is 5.55. The Morgan fingerprint density at radius 1 is 1.09 bits per heavy atom. The summed E-state index contributed by atoms with van der Waals surface area (Å²) in [5, 5.41) is 3.83. The molecule has 1 N–H and O–H groups in total. The van der Waals surface area contributed by atoms with Gasteiger partial charge in [-0.15, -0.1) is 0 Å². The van der Waals surface area contributed by atoms with Crippen LogP contribution in [0.5, 0.6) is 0 Å². The Hall–Kier alpha value is -3.24. The van der Waals surface area contributed by atoms with E-state index in [2.05, 4.69) is 83.3 Å². The van der Waals surface area contributed by atoms with E-state index in [1.54, 1.807) is 0 Å². The van der Waals surface area contributed by atoms with Gasteiger partial charge >= 0.3 is 0 Å². The van der Waals surface area contributed by atoms with E-state index in [1.165, 1.54) is 40.4 Å². The fraction of sp³-hybridized carbons (Fsp3) is 0.310. The number of benzene rings is 2. The van der Waals surface area contributed by atoms with Crippen LogP contribution in [0, 0.1) is 5.92 Å². The molecule has 2 aliphatic heterocycles. The number of pyridine rings is 1. The van der Waals surface area contributed by atoms with Crippen molar-refractivity contribution < 1.29 is 4.79 Å². The fourth-order valence-corrected chi connectivity index (χ4v) is 5.55. The highest BCUT2D eigenvalue weighted by Crippen LogP contribution is 2.48. The third kappa shape index (κ3) is 4.36. The van der Waals surface area contributed by atoms with Crippen molar-refractivity contribution in [3.8, 4) is 11.1 Å². The molecule has 4 nitrogen and oxygen atoms in total. The van der Waals surface area contributed by atoms with Crippen LogP contribution in [0.15, 0.2) is 79.6 Å². The van der Waals surface area contributed by atoms with Crippen molar-refractivity contribution in [3.63, 3.8) is 0 Å². The Bertz CT molecular complexity index is 1140. The lowest BCUT2D eigenvalue weighted by molar-refractivity contribution is -0.114. The third-order valence-corrected chi connectivity index (χ3v) is 7.24. The minimum absolute atomic E-state index is 0.0506. The maximum Gasteiger partial charge on any atom is 0.159 e. The average molecular weight is 438 g/mol. The van der Waals surface area contributed by atoms with Gasteiger partial charge in [-0.05, 0) is 77.5 Å². The highest BCUT2D eigenvalue weighted by atomic mass is 16.1. The van der Waals surface area contributed by atoms with Crippen molar-refractivity contribution in [2.24, 2.45) is 5.92 Å². The normalized spacial score (nSPS) is 21.7. The molecule has 2 aliphatic rings. The summed E-state index contributed by atoms with van der Waals surface area (Å²) in [6, 6.07) is 20.4. The molecule has 0 radical (unpaired) electrons. The molecule has 3 heterocycles. The molecular formula is C29H31N3O. The zero-order valence-electron chi connectivity index (χ0n) is 19.2. The van der Waals surface area contributed by atoms with Crippen molar-refractivity contribution in [3.05, 3.63) is 96.3 Å². The van der Waals surface area contributed by atoms with Crippen molar-refractivity contribution >= 4 is 11.5 Å². The number of carbonyl (C=O) groups is 1. The Morgan fingerprint density at radius 2 is 1.85 bits per heavy atom. The lowest BCUT2D eigenvalue weighted by atomic mass is 9.81. The van der Waals surface area contributed by atoms with Crippen molar-refractivity contribution in [1.82, 2.24) is 9.88 Å². The summed E-state index contributed by atoms with van der Waals surface area (Å²) >= 11 is 0. The summed E-state index contributed by atoms with van der Waals surface area (Å²) in [6.45, 7) is 7.93. The van der Waals surface area contributed by atoms with Gasteiger partial charge < -0.3 is 5.32 Å². The summed E-state index contributed by atoms with van der Waals surface area (Å²) in [6.07, 6.45) is 7.93. The molecule has 0 bridgehead atoms. The minimum Gasteiger partial charge on any atom is -0.382 e. The van der Waals surface area contributed by atoms with Gasteiger partial charge in [0, 0.05) is 49.0 Å². The Balaban J connectivity index is 1.46. The maximum atomic E-state index is 11.7. The summed E-state index contributed by atoms with van der Waals surface area (Å²) < 4.78 is 0. The van der Waals surface area contributed by atoms with Crippen LogP contribution >= 0.6 is 0 Å². The summed E-state index contributed by atoms with van der Waals surface area (Å²) in [7, 11) is 0. The van der Waals surface area contributed by atoms with Crippen LogP contribution in [0.1, 0.15) is 42.5 Å². The minimum atomic E-state index is 0.0506. The third-order valence-electron chi connectivity index (χ3n) is 7.24.